The number of Topliss-reactive ketones (excluding diaryl/α,β-unsaturated/α-hetero) is 2. The molecule has 14 heteroatoms. The van der Waals surface area contributed by atoms with Gasteiger partial charge in [0, 0.05) is 35.6 Å². The average molecular weight is 652 g/mol. The number of non-ortho nitro benzene ring substituents is 1. The molecule has 14 nitrogen and oxygen atoms in total. The van der Waals surface area contributed by atoms with Crippen LogP contribution in [0.25, 0.3) is 16.9 Å². The van der Waals surface area contributed by atoms with Crippen LogP contribution in [-0.4, -0.2) is 65.1 Å². The number of phenols is 1. The van der Waals surface area contributed by atoms with Gasteiger partial charge >= 0.3 is 0 Å². The van der Waals surface area contributed by atoms with Crippen molar-refractivity contribution in [2.24, 2.45) is 17.6 Å². The van der Waals surface area contributed by atoms with Gasteiger partial charge in [-0.2, -0.15) is 0 Å². The van der Waals surface area contributed by atoms with E-state index in [0.717, 1.165) is 4.90 Å². The largest absolute Gasteiger partial charge is 0.508 e. The van der Waals surface area contributed by atoms with Crippen molar-refractivity contribution in [2.45, 2.75) is 31.4 Å². The van der Waals surface area contributed by atoms with Crippen LogP contribution >= 0.6 is 0 Å². The zero-order valence-corrected chi connectivity index (χ0v) is 24.8. The number of carbonyl (C=O) groups excluding carboxylic acids is 5. The summed E-state index contributed by atoms with van der Waals surface area (Å²) in [4.78, 5) is 77.0. The highest BCUT2D eigenvalue weighted by atomic mass is 16.6. The highest BCUT2D eigenvalue weighted by molar-refractivity contribution is 6.23. The van der Waals surface area contributed by atoms with Gasteiger partial charge in [-0.05, 0) is 53.6 Å². The number of fused-ring (bicyclic) bond motifs is 4. The number of aliphatic hydroxyl groups is 3. The molecule has 7 rings (SSSR count). The van der Waals surface area contributed by atoms with Gasteiger partial charge in [0.25, 0.3) is 23.4 Å². The fourth-order valence-electron chi connectivity index (χ4n) is 7.46. The summed E-state index contributed by atoms with van der Waals surface area (Å²) in [5, 5.41) is 57.5. The van der Waals surface area contributed by atoms with E-state index in [2.05, 4.69) is 0 Å². The first-order chi connectivity index (χ1) is 22.7. The van der Waals surface area contributed by atoms with Crippen LogP contribution in [0.2, 0.25) is 0 Å². The van der Waals surface area contributed by atoms with Gasteiger partial charge in [-0.1, -0.05) is 24.3 Å². The molecule has 3 atom stereocenters. The van der Waals surface area contributed by atoms with Crippen molar-refractivity contribution in [1.29, 1.82) is 0 Å². The van der Waals surface area contributed by atoms with Gasteiger partial charge in [-0.3, -0.25) is 39.0 Å². The van der Waals surface area contributed by atoms with Crippen LogP contribution in [0.4, 0.5) is 5.69 Å². The van der Waals surface area contributed by atoms with E-state index >= 15 is 0 Å². The molecule has 3 aliphatic carbocycles. The summed E-state index contributed by atoms with van der Waals surface area (Å²) < 4.78 is 0. The highest BCUT2D eigenvalue weighted by Crippen LogP contribution is 2.54. The number of nitrogens with two attached hydrogens (primary N) is 1. The molecule has 0 aromatic heterocycles. The minimum Gasteiger partial charge on any atom is -0.508 e. The molecule has 0 saturated heterocycles. The molecule has 1 fully saturated rings. The molecule has 1 aliphatic heterocycles. The van der Waals surface area contributed by atoms with Crippen molar-refractivity contribution in [3.8, 4) is 16.9 Å². The number of aliphatic hydroxyl groups excluding tert-OH is 2. The monoisotopic (exact) mass is 651 g/mol. The number of rotatable bonds is 5. The number of imide groups is 1. The fraction of sp³-hybridized carbons (Fsp3) is 0.206. The lowest BCUT2D eigenvalue weighted by molar-refractivity contribution is -0.384. The standard InChI is InChI=1S/C34H25N3O11/c35-31(43)26-23(38)12-17-8-15-10-22-21(14-4-3-5-18(9-14)37(47)48)11-16(13-36-32(44)19-6-1-2-7-20(19)33(36)45)27(39)25(22)28(40)24(15)29(41)34(17,46)30(26)42/h1-7,9,11,15,17,39-40,42,46H,8,10,12-13H2,(H2,35,43). The average Bonchev–Trinajstić information content (AvgIpc) is 3.28. The number of phenolic OH excluding ortho intramolecular Hbond substituents is 1. The first-order valence-corrected chi connectivity index (χ1v) is 14.8. The molecule has 0 radical (unpaired) electrons. The first kappa shape index (κ1) is 30.5. The lowest BCUT2D eigenvalue weighted by Crippen LogP contribution is -2.58. The second kappa shape index (κ2) is 10.4. The highest BCUT2D eigenvalue weighted by Gasteiger charge is 2.60. The SMILES string of the molecule is NC(=O)C1=C(O)C2(O)C(=O)C3=C(O)c4c(O)c(CN5C(=O)c6ccccc6C5=O)cc(-c5cccc([N+](=O)[O-])c5)c4CC3CC2CC1=O. The molecule has 1 saturated carbocycles. The van der Waals surface area contributed by atoms with Crippen molar-refractivity contribution in [2.75, 3.05) is 0 Å². The van der Waals surface area contributed by atoms with Crippen LogP contribution < -0.4 is 5.73 Å². The Hall–Kier alpha value is -6.15. The molecule has 0 spiro atoms. The number of hydrogen-bond acceptors (Lipinski definition) is 11. The van der Waals surface area contributed by atoms with Gasteiger partial charge in [0.05, 0.1) is 28.2 Å². The summed E-state index contributed by atoms with van der Waals surface area (Å²) in [5.41, 5.74) is 1.74. The molecule has 242 valence electrons. The van der Waals surface area contributed by atoms with Crippen molar-refractivity contribution >= 4 is 40.7 Å². The maximum absolute atomic E-state index is 14.0. The summed E-state index contributed by atoms with van der Waals surface area (Å²) in [6.07, 6.45) is -0.674. The number of hydrogen-bond donors (Lipinski definition) is 5. The summed E-state index contributed by atoms with van der Waals surface area (Å²) in [5.74, 6) is -9.31. The third kappa shape index (κ3) is 4.12. The van der Waals surface area contributed by atoms with E-state index in [0.29, 0.717) is 5.56 Å². The third-order valence-electron chi connectivity index (χ3n) is 9.72. The second-order valence-electron chi connectivity index (χ2n) is 12.2. The van der Waals surface area contributed by atoms with Crippen LogP contribution in [0, 0.1) is 22.0 Å². The Balaban J connectivity index is 1.43. The molecular weight excluding hydrogens is 626 g/mol. The Morgan fingerprint density at radius 1 is 0.958 bits per heavy atom. The Bertz CT molecular complexity index is 2110. The molecule has 1 heterocycles. The number of carbonyl (C=O) groups is 5. The molecule has 3 aromatic carbocycles. The molecule has 0 bridgehead atoms. The van der Waals surface area contributed by atoms with E-state index in [9.17, 15) is 54.5 Å². The zero-order valence-electron chi connectivity index (χ0n) is 24.8. The van der Waals surface area contributed by atoms with E-state index < -0.39 is 87.5 Å². The summed E-state index contributed by atoms with van der Waals surface area (Å²) >= 11 is 0. The van der Waals surface area contributed by atoms with Gasteiger partial charge in [0.15, 0.2) is 11.4 Å². The van der Waals surface area contributed by atoms with E-state index in [-0.39, 0.29) is 57.5 Å². The fourth-order valence-corrected chi connectivity index (χ4v) is 7.46. The van der Waals surface area contributed by atoms with Crippen molar-refractivity contribution < 1.29 is 49.3 Å². The number of benzene rings is 3. The summed E-state index contributed by atoms with van der Waals surface area (Å²) in [6, 6.07) is 13.1. The van der Waals surface area contributed by atoms with E-state index in [1.165, 1.54) is 36.4 Å². The molecule has 3 aromatic rings. The Morgan fingerprint density at radius 2 is 1.62 bits per heavy atom. The van der Waals surface area contributed by atoms with Gasteiger partial charge in [0.2, 0.25) is 5.78 Å². The number of nitro benzene ring substituents is 1. The van der Waals surface area contributed by atoms with Gasteiger partial charge in [-0.15, -0.1) is 0 Å². The third-order valence-corrected chi connectivity index (χ3v) is 9.72. The first-order valence-electron chi connectivity index (χ1n) is 14.8. The lowest BCUT2D eigenvalue weighted by atomic mass is 9.59. The van der Waals surface area contributed by atoms with Gasteiger partial charge < -0.3 is 26.2 Å². The molecule has 4 aliphatic rings. The minimum absolute atomic E-state index is 0.0442. The van der Waals surface area contributed by atoms with Crippen LogP contribution in [-0.2, 0) is 27.3 Å². The molecule has 3 unspecified atom stereocenters. The Labute approximate surface area is 270 Å². The number of primary amides is 1. The van der Waals surface area contributed by atoms with Crippen molar-refractivity contribution in [3.63, 3.8) is 0 Å². The van der Waals surface area contributed by atoms with Crippen LogP contribution in [0.15, 0.2) is 71.5 Å². The number of nitrogens with zero attached hydrogens (tertiary/aromatic N) is 2. The predicted octanol–water partition coefficient (Wildman–Crippen LogP) is 2.80. The Kier molecular flexibility index (Phi) is 6.63. The molecule has 48 heavy (non-hydrogen) atoms. The molecule has 6 N–H and O–H groups in total. The normalized spacial score (nSPS) is 23.1. The zero-order chi connectivity index (χ0) is 34.4. The van der Waals surface area contributed by atoms with Gasteiger partial charge in [-0.25, -0.2) is 0 Å². The number of aromatic hydroxyl groups is 1. The van der Waals surface area contributed by atoms with Crippen LogP contribution in [0.3, 0.4) is 0 Å². The minimum atomic E-state index is -2.77. The lowest BCUT2D eigenvalue weighted by Gasteiger charge is -2.46. The summed E-state index contributed by atoms with van der Waals surface area (Å²) in [7, 11) is 0. The summed E-state index contributed by atoms with van der Waals surface area (Å²) in [6.45, 7) is -0.479. The molecule has 3 amide bonds. The quantitative estimate of drug-likeness (QED) is 0.116. The second-order valence-corrected chi connectivity index (χ2v) is 12.2. The maximum atomic E-state index is 14.0. The number of nitro groups is 1. The number of ketones is 2. The Morgan fingerprint density at radius 3 is 2.25 bits per heavy atom. The van der Waals surface area contributed by atoms with E-state index in [1.807, 2.05) is 0 Å². The van der Waals surface area contributed by atoms with Crippen molar-refractivity contribution in [1.82, 2.24) is 4.90 Å². The van der Waals surface area contributed by atoms with Crippen molar-refractivity contribution in [3.05, 3.63) is 109 Å². The van der Waals surface area contributed by atoms with E-state index in [1.54, 1.807) is 18.2 Å². The van der Waals surface area contributed by atoms with Crippen LogP contribution in [0.5, 0.6) is 5.75 Å². The van der Waals surface area contributed by atoms with Crippen LogP contribution in [0.1, 0.15) is 50.2 Å². The smallest absolute Gasteiger partial charge is 0.270 e. The topological polar surface area (TPSA) is 239 Å². The predicted molar refractivity (Wildman–Crippen MR) is 164 cm³/mol. The van der Waals surface area contributed by atoms with E-state index in [4.69, 9.17) is 5.73 Å². The number of amides is 3. The maximum Gasteiger partial charge on any atom is 0.270 e. The molecular formula is C34H25N3O11. The van der Waals surface area contributed by atoms with Gasteiger partial charge in [0.1, 0.15) is 22.8 Å².